The van der Waals surface area contributed by atoms with Gasteiger partial charge in [0.15, 0.2) is 0 Å². The zero-order valence-corrected chi connectivity index (χ0v) is 19.9. The lowest BCUT2D eigenvalue weighted by Crippen LogP contribution is -2.63. The Balaban J connectivity index is 1.82. The minimum Gasteiger partial charge on any atom is -0.359 e. The second-order valence-corrected chi connectivity index (χ2v) is 9.25. The highest BCUT2D eigenvalue weighted by Gasteiger charge is 2.63. The van der Waals surface area contributed by atoms with Crippen molar-refractivity contribution in [3.8, 4) is 0 Å². The average molecular weight is 463 g/mol. The maximum absolute atomic E-state index is 14.1. The maximum atomic E-state index is 14.1. The normalized spacial score (nSPS) is 23.2. The smallest absolute Gasteiger partial charge is 0.253 e. The number of carbonyl (C=O) groups excluding carboxylic acids is 4. The molecule has 0 aromatic heterocycles. The molecule has 178 valence electrons. The fourth-order valence-corrected chi connectivity index (χ4v) is 5.28. The van der Waals surface area contributed by atoms with Gasteiger partial charge in [0.2, 0.25) is 17.7 Å². The first-order chi connectivity index (χ1) is 16.2. The van der Waals surface area contributed by atoms with Gasteiger partial charge in [0.05, 0.1) is 12.3 Å². The van der Waals surface area contributed by atoms with E-state index in [1.807, 2.05) is 48.5 Å². The van der Waals surface area contributed by atoms with Crippen molar-refractivity contribution in [1.29, 1.82) is 0 Å². The van der Waals surface area contributed by atoms with E-state index in [0.717, 1.165) is 11.1 Å². The lowest BCUT2D eigenvalue weighted by atomic mass is 9.71. The molecule has 0 saturated carbocycles. The van der Waals surface area contributed by atoms with Crippen LogP contribution in [-0.2, 0) is 25.6 Å². The van der Waals surface area contributed by atoms with Crippen LogP contribution in [0.25, 0.3) is 0 Å². The van der Waals surface area contributed by atoms with E-state index in [2.05, 4.69) is 5.32 Å². The highest BCUT2D eigenvalue weighted by Crippen LogP contribution is 2.53. The third-order valence-electron chi connectivity index (χ3n) is 7.06. The number of hydrogen-bond donors (Lipinski definition) is 1. The predicted octanol–water partition coefficient (Wildman–Crippen LogP) is 1.41. The van der Waals surface area contributed by atoms with Gasteiger partial charge < -0.3 is 20.0 Å². The number of carbonyl (C=O) groups is 4. The quantitative estimate of drug-likeness (QED) is 0.728. The van der Waals surface area contributed by atoms with Crippen molar-refractivity contribution in [2.45, 2.75) is 24.8 Å². The first-order valence-electron chi connectivity index (χ1n) is 11.4. The molecule has 4 amide bonds. The Morgan fingerprint density at radius 3 is 2.35 bits per heavy atom. The Hall–Kier alpha value is -3.68. The van der Waals surface area contributed by atoms with Crippen molar-refractivity contribution in [2.24, 2.45) is 5.92 Å². The standard InChI is InChI=1S/C26H30N4O4/c1-26-23(18-12-8-9-13-20(18)29(25(26)34)16-22(32)28(3)4)19(24(33)27-2)15-30(26)21(31)14-17-10-6-5-7-11-17/h5-13,19,23H,14-16H2,1-4H3,(H,27,33)/t19-,23+,26-/m0/s1. The summed E-state index contributed by atoms with van der Waals surface area (Å²) < 4.78 is 0. The number of rotatable bonds is 5. The summed E-state index contributed by atoms with van der Waals surface area (Å²) in [5, 5.41) is 2.71. The molecular weight excluding hydrogens is 432 g/mol. The Morgan fingerprint density at radius 1 is 1.06 bits per heavy atom. The van der Waals surface area contributed by atoms with Crippen molar-refractivity contribution < 1.29 is 19.2 Å². The molecule has 3 atom stereocenters. The van der Waals surface area contributed by atoms with E-state index in [0.29, 0.717) is 5.69 Å². The zero-order chi connectivity index (χ0) is 24.6. The van der Waals surface area contributed by atoms with Crippen LogP contribution in [-0.4, -0.2) is 73.2 Å². The van der Waals surface area contributed by atoms with Crippen molar-refractivity contribution >= 4 is 29.3 Å². The zero-order valence-electron chi connectivity index (χ0n) is 19.9. The van der Waals surface area contributed by atoms with Gasteiger partial charge in [0.1, 0.15) is 12.1 Å². The molecule has 8 heteroatoms. The van der Waals surface area contributed by atoms with Crippen molar-refractivity contribution in [3.63, 3.8) is 0 Å². The lowest BCUT2D eigenvalue weighted by Gasteiger charge is -2.46. The summed E-state index contributed by atoms with van der Waals surface area (Å²) in [4.78, 5) is 57.7. The number of nitrogens with one attached hydrogen (secondary N) is 1. The Morgan fingerprint density at radius 2 is 1.71 bits per heavy atom. The molecule has 2 aliphatic rings. The van der Waals surface area contributed by atoms with Gasteiger partial charge in [-0.3, -0.25) is 19.2 Å². The SMILES string of the molecule is CNC(=O)[C@H]1CN(C(=O)Cc2ccccc2)[C@]2(C)C(=O)N(CC(=O)N(C)C)c3ccccc3[C@H]12. The summed E-state index contributed by atoms with van der Waals surface area (Å²) in [7, 11) is 4.84. The molecule has 0 unspecified atom stereocenters. The topological polar surface area (TPSA) is 90.0 Å². The van der Waals surface area contributed by atoms with Crippen LogP contribution >= 0.6 is 0 Å². The lowest BCUT2D eigenvalue weighted by molar-refractivity contribution is -0.143. The summed E-state index contributed by atoms with van der Waals surface area (Å²) in [5.41, 5.74) is 0.930. The summed E-state index contributed by atoms with van der Waals surface area (Å²) in [6.07, 6.45) is 0.120. The molecule has 8 nitrogen and oxygen atoms in total. The van der Waals surface area contributed by atoms with Crippen LogP contribution in [0.4, 0.5) is 5.69 Å². The Bertz CT molecular complexity index is 1130. The highest BCUT2D eigenvalue weighted by molar-refractivity contribution is 6.10. The van der Waals surface area contributed by atoms with Crippen LogP contribution in [0.5, 0.6) is 0 Å². The largest absolute Gasteiger partial charge is 0.359 e. The minimum absolute atomic E-state index is 0.120. The summed E-state index contributed by atoms with van der Waals surface area (Å²) in [5.74, 6) is -2.14. The molecule has 4 rings (SSSR count). The van der Waals surface area contributed by atoms with E-state index >= 15 is 0 Å². The molecule has 2 heterocycles. The molecule has 1 saturated heterocycles. The number of fused-ring (bicyclic) bond motifs is 3. The second-order valence-electron chi connectivity index (χ2n) is 9.25. The monoisotopic (exact) mass is 462 g/mol. The number of hydrogen-bond acceptors (Lipinski definition) is 4. The second kappa shape index (κ2) is 8.93. The number of likely N-dealkylation sites (tertiary alicyclic amines) is 1. The fourth-order valence-electron chi connectivity index (χ4n) is 5.28. The average Bonchev–Trinajstić information content (AvgIpc) is 3.16. The Kier molecular flexibility index (Phi) is 6.17. The van der Waals surface area contributed by atoms with Gasteiger partial charge in [-0.25, -0.2) is 0 Å². The van der Waals surface area contributed by atoms with E-state index in [-0.39, 0.29) is 43.1 Å². The number of anilines is 1. The number of para-hydroxylation sites is 1. The summed E-state index contributed by atoms with van der Waals surface area (Å²) in [6.45, 7) is 1.72. The molecule has 0 aliphatic carbocycles. The molecule has 1 fully saturated rings. The van der Waals surface area contributed by atoms with E-state index in [1.165, 1.54) is 9.80 Å². The molecule has 0 spiro atoms. The summed E-state index contributed by atoms with van der Waals surface area (Å²) in [6, 6.07) is 16.7. The molecule has 2 aromatic carbocycles. The molecule has 2 aromatic rings. The molecule has 0 radical (unpaired) electrons. The Labute approximate surface area is 199 Å². The van der Waals surface area contributed by atoms with Gasteiger partial charge in [-0.15, -0.1) is 0 Å². The number of benzene rings is 2. The summed E-state index contributed by atoms with van der Waals surface area (Å²) >= 11 is 0. The molecule has 34 heavy (non-hydrogen) atoms. The first kappa shape index (κ1) is 23.5. The van der Waals surface area contributed by atoms with E-state index in [4.69, 9.17) is 0 Å². The maximum Gasteiger partial charge on any atom is 0.253 e. The predicted molar refractivity (Wildman–Crippen MR) is 128 cm³/mol. The van der Waals surface area contributed by atoms with Gasteiger partial charge in [0.25, 0.3) is 5.91 Å². The van der Waals surface area contributed by atoms with Crippen molar-refractivity contribution in [2.75, 3.05) is 39.1 Å². The molecule has 1 N–H and O–H groups in total. The van der Waals surface area contributed by atoms with Gasteiger partial charge in [-0.05, 0) is 24.1 Å². The van der Waals surface area contributed by atoms with Crippen LogP contribution in [0.1, 0.15) is 24.0 Å². The van der Waals surface area contributed by atoms with Crippen molar-refractivity contribution in [3.05, 3.63) is 65.7 Å². The first-order valence-corrected chi connectivity index (χ1v) is 11.4. The van der Waals surface area contributed by atoms with Crippen LogP contribution in [0, 0.1) is 5.92 Å². The van der Waals surface area contributed by atoms with Gasteiger partial charge in [-0.2, -0.15) is 0 Å². The van der Waals surface area contributed by atoms with Crippen LogP contribution in [0.2, 0.25) is 0 Å². The fraction of sp³-hybridized carbons (Fsp3) is 0.385. The van der Waals surface area contributed by atoms with Crippen molar-refractivity contribution in [1.82, 2.24) is 15.1 Å². The molecule has 2 aliphatic heterocycles. The van der Waals surface area contributed by atoms with Crippen LogP contribution in [0.3, 0.4) is 0 Å². The number of likely N-dealkylation sites (N-methyl/N-ethyl adjacent to an activating group) is 1. The third-order valence-corrected chi connectivity index (χ3v) is 7.06. The van der Waals surface area contributed by atoms with E-state index in [1.54, 1.807) is 39.0 Å². The van der Waals surface area contributed by atoms with Crippen LogP contribution < -0.4 is 10.2 Å². The minimum atomic E-state index is -1.30. The molecular formula is C26H30N4O4. The number of nitrogens with zero attached hydrogens (tertiary/aromatic N) is 3. The van der Waals surface area contributed by atoms with E-state index in [9.17, 15) is 19.2 Å². The van der Waals surface area contributed by atoms with Gasteiger partial charge >= 0.3 is 0 Å². The number of amides is 4. The van der Waals surface area contributed by atoms with Gasteiger partial charge in [-0.1, -0.05) is 48.5 Å². The molecule has 0 bridgehead atoms. The highest BCUT2D eigenvalue weighted by atomic mass is 16.2. The van der Waals surface area contributed by atoms with E-state index < -0.39 is 17.4 Å². The van der Waals surface area contributed by atoms with Crippen LogP contribution in [0.15, 0.2) is 54.6 Å². The van der Waals surface area contributed by atoms with Gasteiger partial charge in [0, 0.05) is 39.3 Å². The third kappa shape index (κ3) is 3.73.